The van der Waals surface area contributed by atoms with Gasteiger partial charge in [-0.05, 0) is 66.8 Å². The summed E-state index contributed by atoms with van der Waals surface area (Å²) >= 11 is 12.6. The summed E-state index contributed by atoms with van der Waals surface area (Å²) in [6, 6.07) is 18.9. The normalized spacial score (nSPS) is 21.9. The number of hydrogen-bond donors (Lipinski definition) is 0. The average Bonchev–Trinajstić information content (AvgIpc) is 3.83. The number of benzene rings is 2. The second-order valence-electron chi connectivity index (χ2n) is 10.4. The van der Waals surface area contributed by atoms with Crippen molar-refractivity contribution in [1.29, 1.82) is 0 Å². The SMILES string of the molecule is C=CC[C@H]1O[C@H](c2cccc(Cl)c2)[C@@H](c2ccc(Cl)cc2)N([C@@H](CC)CN(c2ccccn2)S(=O)(=O)C2CC2)C1=O. The molecule has 1 aromatic heterocycles. The molecular formula is C31H33Cl2N3O4S. The van der Waals surface area contributed by atoms with Crippen LogP contribution in [-0.4, -0.2) is 48.1 Å². The molecule has 3 aromatic rings. The summed E-state index contributed by atoms with van der Waals surface area (Å²) in [6.45, 7) is 5.87. The smallest absolute Gasteiger partial charge is 0.252 e. The molecule has 0 bridgehead atoms. The van der Waals surface area contributed by atoms with Crippen LogP contribution >= 0.6 is 23.2 Å². The van der Waals surface area contributed by atoms with E-state index >= 15 is 0 Å². The van der Waals surface area contributed by atoms with E-state index in [1.54, 1.807) is 48.7 Å². The summed E-state index contributed by atoms with van der Waals surface area (Å²) in [6.07, 6.45) is 3.92. The number of aromatic nitrogens is 1. The molecule has 2 aromatic carbocycles. The molecule has 5 rings (SSSR count). The maximum Gasteiger partial charge on any atom is 0.252 e. The predicted octanol–water partition coefficient (Wildman–Crippen LogP) is 6.75. The number of hydrogen-bond acceptors (Lipinski definition) is 5. The molecule has 2 fully saturated rings. The molecule has 1 saturated heterocycles. The zero-order valence-corrected chi connectivity index (χ0v) is 25.1. The fourth-order valence-corrected chi connectivity index (χ4v) is 7.56. The number of morpholine rings is 1. The van der Waals surface area contributed by atoms with Gasteiger partial charge in [-0.15, -0.1) is 6.58 Å². The van der Waals surface area contributed by atoms with Crippen molar-refractivity contribution >= 4 is 45.0 Å². The van der Waals surface area contributed by atoms with Crippen molar-refractivity contribution in [1.82, 2.24) is 9.88 Å². The highest BCUT2D eigenvalue weighted by molar-refractivity contribution is 7.93. The Morgan fingerprint density at radius 1 is 1.07 bits per heavy atom. The standard InChI is InChI=1S/C31H33Cl2N3O4S/c1-3-8-27-31(37)36(25(4-2)20-35(28-11-5-6-18-34-28)41(38,39)26-16-17-26)29(21-12-14-23(32)15-13-21)30(40-27)22-9-7-10-24(33)19-22/h3,5-7,9-15,18-19,25-27,29-30H,1,4,8,16-17,20H2,2H3/t25-,27+,29+,30+/m0/s1. The highest BCUT2D eigenvalue weighted by Crippen LogP contribution is 2.45. The maximum absolute atomic E-state index is 14.2. The number of sulfonamides is 1. The summed E-state index contributed by atoms with van der Waals surface area (Å²) in [5.41, 5.74) is 1.63. The first-order chi connectivity index (χ1) is 19.7. The Hall–Kier alpha value is -2.91. The molecule has 1 aliphatic heterocycles. The van der Waals surface area contributed by atoms with E-state index in [9.17, 15) is 13.2 Å². The number of rotatable bonds is 11. The summed E-state index contributed by atoms with van der Waals surface area (Å²) in [5.74, 6) is 0.121. The van der Waals surface area contributed by atoms with E-state index in [0.717, 1.165) is 11.1 Å². The van der Waals surface area contributed by atoms with E-state index in [2.05, 4.69) is 11.6 Å². The molecule has 1 amide bonds. The van der Waals surface area contributed by atoms with Crippen molar-refractivity contribution in [2.24, 2.45) is 0 Å². The van der Waals surface area contributed by atoms with Gasteiger partial charge in [0.2, 0.25) is 10.0 Å². The molecule has 0 unspecified atom stereocenters. The minimum Gasteiger partial charge on any atom is -0.358 e. The average molecular weight is 615 g/mol. The van der Waals surface area contributed by atoms with Crippen molar-refractivity contribution in [2.45, 2.75) is 62.1 Å². The topological polar surface area (TPSA) is 79.8 Å². The van der Waals surface area contributed by atoms with Crippen molar-refractivity contribution in [2.75, 3.05) is 10.8 Å². The lowest BCUT2D eigenvalue weighted by molar-refractivity contribution is -0.178. The first kappa shape index (κ1) is 29.6. The van der Waals surface area contributed by atoms with Crippen LogP contribution in [0.15, 0.2) is 85.6 Å². The summed E-state index contributed by atoms with van der Waals surface area (Å²) in [5, 5.41) is 0.673. The minimum atomic E-state index is -3.67. The van der Waals surface area contributed by atoms with E-state index in [-0.39, 0.29) is 12.5 Å². The van der Waals surface area contributed by atoms with Gasteiger partial charge >= 0.3 is 0 Å². The molecule has 0 N–H and O–H groups in total. The third kappa shape index (κ3) is 6.31. The van der Waals surface area contributed by atoms with Gasteiger partial charge in [0, 0.05) is 22.7 Å². The molecular weight excluding hydrogens is 581 g/mol. The molecule has 4 atom stereocenters. The second-order valence-corrected chi connectivity index (χ2v) is 13.4. The Labute approximate surface area is 251 Å². The number of halogens is 2. The van der Waals surface area contributed by atoms with E-state index < -0.39 is 39.6 Å². The number of carbonyl (C=O) groups is 1. The monoisotopic (exact) mass is 613 g/mol. The zero-order valence-electron chi connectivity index (χ0n) is 22.8. The molecule has 0 spiro atoms. The largest absolute Gasteiger partial charge is 0.358 e. The molecule has 2 aliphatic rings. The molecule has 2 heterocycles. The van der Waals surface area contributed by atoms with Gasteiger partial charge in [-0.3, -0.25) is 9.10 Å². The van der Waals surface area contributed by atoms with Gasteiger partial charge in [0.25, 0.3) is 5.91 Å². The minimum absolute atomic E-state index is 0.0608. The van der Waals surface area contributed by atoms with Crippen molar-refractivity contribution < 1.29 is 17.9 Å². The molecule has 1 aliphatic carbocycles. The number of amides is 1. The highest BCUT2D eigenvalue weighted by Gasteiger charge is 2.48. The van der Waals surface area contributed by atoms with Crippen LogP contribution in [0.4, 0.5) is 5.82 Å². The highest BCUT2D eigenvalue weighted by atomic mass is 35.5. The summed E-state index contributed by atoms with van der Waals surface area (Å²) < 4.78 is 35.3. The molecule has 41 heavy (non-hydrogen) atoms. The van der Waals surface area contributed by atoms with Gasteiger partial charge in [0.15, 0.2) is 0 Å². The van der Waals surface area contributed by atoms with E-state index in [1.807, 2.05) is 42.2 Å². The van der Waals surface area contributed by atoms with Crippen LogP contribution in [0, 0.1) is 0 Å². The number of ether oxygens (including phenoxy) is 1. The van der Waals surface area contributed by atoms with Crippen LogP contribution in [0.5, 0.6) is 0 Å². The number of carbonyl (C=O) groups excluding carboxylic acids is 1. The maximum atomic E-state index is 14.2. The Kier molecular flexibility index (Phi) is 9.04. The van der Waals surface area contributed by atoms with Crippen LogP contribution in [-0.2, 0) is 19.6 Å². The van der Waals surface area contributed by atoms with Crippen molar-refractivity contribution in [3.63, 3.8) is 0 Å². The predicted molar refractivity (Wildman–Crippen MR) is 163 cm³/mol. The molecule has 216 valence electrons. The third-order valence-electron chi connectivity index (χ3n) is 7.60. The van der Waals surface area contributed by atoms with Gasteiger partial charge in [0.1, 0.15) is 18.0 Å². The first-order valence-electron chi connectivity index (χ1n) is 13.8. The number of nitrogens with zero attached hydrogens (tertiary/aromatic N) is 3. The zero-order chi connectivity index (χ0) is 29.1. The lowest BCUT2D eigenvalue weighted by Gasteiger charge is -2.48. The molecule has 7 nitrogen and oxygen atoms in total. The Balaban J connectivity index is 1.63. The summed E-state index contributed by atoms with van der Waals surface area (Å²) in [4.78, 5) is 20.4. The van der Waals surface area contributed by atoms with Crippen LogP contribution in [0.3, 0.4) is 0 Å². The number of anilines is 1. The lowest BCUT2D eigenvalue weighted by atomic mass is 9.89. The third-order valence-corrected chi connectivity index (χ3v) is 10.3. The van der Waals surface area contributed by atoms with Crippen LogP contribution in [0.2, 0.25) is 10.0 Å². The van der Waals surface area contributed by atoms with Crippen LogP contribution in [0.1, 0.15) is 55.9 Å². The van der Waals surface area contributed by atoms with Gasteiger partial charge in [0.05, 0.1) is 23.9 Å². The van der Waals surface area contributed by atoms with Crippen LogP contribution < -0.4 is 4.31 Å². The van der Waals surface area contributed by atoms with Gasteiger partial charge in [-0.2, -0.15) is 0 Å². The van der Waals surface area contributed by atoms with E-state index in [1.165, 1.54) is 4.31 Å². The summed E-state index contributed by atoms with van der Waals surface area (Å²) in [7, 11) is -3.67. The Morgan fingerprint density at radius 2 is 1.83 bits per heavy atom. The quantitative estimate of drug-likeness (QED) is 0.223. The number of pyridine rings is 1. The fourth-order valence-electron chi connectivity index (χ4n) is 5.39. The molecule has 0 radical (unpaired) electrons. The van der Waals surface area contributed by atoms with Gasteiger partial charge in [-0.25, -0.2) is 13.4 Å². The van der Waals surface area contributed by atoms with Crippen molar-refractivity contribution in [3.8, 4) is 0 Å². The first-order valence-corrected chi connectivity index (χ1v) is 16.0. The molecule has 10 heteroatoms. The molecule has 1 saturated carbocycles. The van der Waals surface area contributed by atoms with Gasteiger partial charge < -0.3 is 9.64 Å². The Bertz CT molecular complexity index is 1480. The lowest BCUT2D eigenvalue weighted by Crippen LogP contribution is -2.57. The second kappa shape index (κ2) is 12.5. The van der Waals surface area contributed by atoms with Crippen LogP contribution in [0.25, 0.3) is 0 Å². The van der Waals surface area contributed by atoms with E-state index in [4.69, 9.17) is 27.9 Å². The Morgan fingerprint density at radius 3 is 2.44 bits per heavy atom. The van der Waals surface area contributed by atoms with Gasteiger partial charge in [-0.1, -0.05) is 66.5 Å². The fraction of sp³-hybridized carbons (Fsp3) is 0.355. The van der Waals surface area contributed by atoms with Crippen molar-refractivity contribution in [3.05, 3.63) is 107 Å². The van der Waals surface area contributed by atoms with E-state index in [0.29, 0.717) is 41.5 Å².